The minimum Gasteiger partial charge on any atom is -0.501 e. The van der Waals surface area contributed by atoms with Gasteiger partial charge in [-0.15, -0.1) is 0 Å². The number of hydrogen-bond donors (Lipinski definition) is 2. The molecule has 0 bridgehead atoms. The van der Waals surface area contributed by atoms with E-state index < -0.39 is 47.1 Å². The number of nitrogens with zero attached hydrogens (tertiary/aromatic N) is 1. The summed E-state index contributed by atoms with van der Waals surface area (Å²) in [6, 6.07) is 16.3. The van der Waals surface area contributed by atoms with E-state index in [2.05, 4.69) is 15.0 Å². The van der Waals surface area contributed by atoms with Crippen LogP contribution in [-0.2, 0) is 23.9 Å². The van der Waals surface area contributed by atoms with E-state index in [0.29, 0.717) is 17.9 Å². The predicted octanol–water partition coefficient (Wildman–Crippen LogP) is 4.83. The van der Waals surface area contributed by atoms with Crippen LogP contribution in [0.4, 0.5) is 5.69 Å². The minimum absolute atomic E-state index is 0.0277. The molecule has 2 N–H and O–H groups in total. The molecule has 9 heteroatoms. The fourth-order valence-corrected chi connectivity index (χ4v) is 5.11. The highest BCUT2D eigenvalue weighted by molar-refractivity contribution is 6.30. The summed E-state index contributed by atoms with van der Waals surface area (Å²) in [5.74, 6) is -4.99. The zero-order valence-electron chi connectivity index (χ0n) is 20.4. The number of fused-ring (bicyclic) bond motifs is 1. The molecule has 2 aromatic carbocycles. The first-order chi connectivity index (χ1) is 17.8. The Morgan fingerprint density at radius 1 is 1.05 bits per heavy atom. The molecule has 0 saturated heterocycles. The lowest BCUT2D eigenvalue weighted by Crippen LogP contribution is -2.45. The van der Waals surface area contributed by atoms with E-state index >= 15 is 0 Å². The van der Waals surface area contributed by atoms with Crippen molar-refractivity contribution >= 4 is 40.8 Å². The molecule has 2 aliphatic rings. The number of carbonyl (C=O) groups is 3. The third-order valence-corrected chi connectivity index (χ3v) is 6.95. The van der Waals surface area contributed by atoms with Gasteiger partial charge in [0.15, 0.2) is 0 Å². The van der Waals surface area contributed by atoms with Crippen LogP contribution in [0.15, 0.2) is 83.1 Å². The maximum absolute atomic E-state index is 13.7. The van der Waals surface area contributed by atoms with Crippen molar-refractivity contribution in [2.24, 2.45) is 22.7 Å². The van der Waals surface area contributed by atoms with E-state index in [1.807, 2.05) is 54.6 Å². The number of carbonyl (C=O) groups excluding carboxylic acids is 3. The van der Waals surface area contributed by atoms with E-state index in [4.69, 9.17) is 16.3 Å². The Labute approximate surface area is 219 Å². The molecule has 0 fully saturated rings. The SMILES string of the molecule is COC(=O)/C(O)=C(\C(=O)OC)C1=NC(=O)[C@@H]([C@H](Nc2ccccc2)c2ccc(Cl)cc2)[C@H]2C=CCC[C@@H]12. The summed E-state index contributed by atoms with van der Waals surface area (Å²) >= 11 is 6.14. The Morgan fingerprint density at radius 3 is 2.38 bits per heavy atom. The lowest BCUT2D eigenvalue weighted by molar-refractivity contribution is -0.141. The van der Waals surface area contributed by atoms with Crippen molar-refractivity contribution in [1.29, 1.82) is 0 Å². The molecule has 1 aliphatic carbocycles. The van der Waals surface area contributed by atoms with Gasteiger partial charge in [-0.25, -0.2) is 14.6 Å². The quantitative estimate of drug-likeness (QED) is 0.231. The lowest BCUT2D eigenvalue weighted by atomic mass is 9.67. The molecule has 0 radical (unpaired) electrons. The van der Waals surface area contributed by atoms with Crippen LogP contribution in [0, 0.1) is 17.8 Å². The number of aliphatic hydroxyl groups is 1. The fraction of sp³-hybridized carbons (Fsp3) is 0.286. The van der Waals surface area contributed by atoms with Gasteiger partial charge in [-0.3, -0.25) is 4.79 Å². The van der Waals surface area contributed by atoms with Crippen LogP contribution >= 0.6 is 11.6 Å². The molecule has 192 valence electrons. The zero-order chi connectivity index (χ0) is 26.5. The maximum Gasteiger partial charge on any atom is 0.374 e. The van der Waals surface area contributed by atoms with Crippen molar-refractivity contribution in [2.75, 3.05) is 19.5 Å². The smallest absolute Gasteiger partial charge is 0.374 e. The first-order valence-corrected chi connectivity index (χ1v) is 12.2. The van der Waals surface area contributed by atoms with Crippen LogP contribution in [0.3, 0.4) is 0 Å². The highest BCUT2D eigenvalue weighted by Gasteiger charge is 2.47. The number of anilines is 1. The normalized spacial score (nSPS) is 22.2. The molecule has 37 heavy (non-hydrogen) atoms. The van der Waals surface area contributed by atoms with Crippen molar-refractivity contribution < 1.29 is 29.0 Å². The van der Waals surface area contributed by atoms with E-state index in [9.17, 15) is 19.5 Å². The van der Waals surface area contributed by atoms with Gasteiger partial charge in [-0.2, -0.15) is 0 Å². The fourth-order valence-electron chi connectivity index (χ4n) is 4.98. The number of rotatable bonds is 7. The number of halogens is 1. The van der Waals surface area contributed by atoms with Crippen LogP contribution in [0.1, 0.15) is 24.4 Å². The number of amides is 1. The van der Waals surface area contributed by atoms with Crippen LogP contribution in [0.2, 0.25) is 5.02 Å². The molecule has 0 spiro atoms. The molecule has 4 rings (SSSR count). The van der Waals surface area contributed by atoms with Gasteiger partial charge >= 0.3 is 11.9 Å². The maximum atomic E-state index is 13.7. The predicted molar refractivity (Wildman–Crippen MR) is 139 cm³/mol. The summed E-state index contributed by atoms with van der Waals surface area (Å²) in [6.45, 7) is 0. The van der Waals surface area contributed by atoms with Crippen molar-refractivity contribution in [3.8, 4) is 0 Å². The van der Waals surface area contributed by atoms with E-state index in [1.165, 1.54) is 0 Å². The number of nitrogens with one attached hydrogen (secondary N) is 1. The topological polar surface area (TPSA) is 114 Å². The number of esters is 2. The molecule has 2 aromatic rings. The van der Waals surface area contributed by atoms with Crippen molar-refractivity contribution in [3.63, 3.8) is 0 Å². The van der Waals surface area contributed by atoms with E-state index in [0.717, 1.165) is 25.5 Å². The zero-order valence-corrected chi connectivity index (χ0v) is 21.1. The van der Waals surface area contributed by atoms with Crippen molar-refractivity contribution in [3.05, 3.63) is 88.7 Å². The lowest BCUT2D eigenvalue weighted by Gasteiger charge is -2.41. The monoisotopic (exact) mass is 522 g/mol. The first-order valence-electron chi connectivity index (χ1n) is 11.8. The average Bonchev–Trinajstić information content (AvgIpc) is 2.92. The average molecular weight is 523 g/mol. The third-order valence-electron chi connectivity index (χ3n) is 6.69. The number of hydrogen-bond acceptors (Lipinski definition) is 7. The highest BCUT2D eigenvalue weighted by atomic mass is 35.5. The Morgan fingerprint density at radius 2 is 1.73 bits per heavy atom. The Bertz CT molecular complexity index is 1270. The van der Waals surface area contributed by atoms with E-state index in [-0.39, 0.29) is 11.6 Å². The number of aliphatic imine (C=N–C) groups is 1. The second-order valence-electron chi connectivity index (χ2n) is 8.80. The minimum atomic E-state index is -1.12. The van der Waals surface area contributed by atoms with Gasteiger partial charge < -0.3 is 19.9 Å². The van der Waals surface area contributed by atoms with Crippen molar-refractivity contribution in [1.82, 2.24) is 0 Å². The number of allylic oxidation sites excluding steroid dienone is 2. The molecule has 8 nitrogen and oxygen atoms in total. The largest absolute Gasteiger partial charge is 0.501 e. The number of methoxy groups -OCH3 is 2. The number of para-hydroxylation sites is 1. The summed E-state index contributed by atoms with van der Waals surface area (Å²) in [5.41, 5.74) is 1.23. The Kier molecular flexibility index (Phi) is 8.08. The van der Waals surface area contributed by atoms with Gasteiger partial charge in [0, 0.05) is 16.6 Å². The number of aliphatic hydroxyl groups excluding tert-OH is 1. The number of ether oxygens (including phenoxy) is 2. The summed E-state index contributed by atoms with van der Waals surface area (Å²) in [5, 5.41) is 14.6. The molecule has 1 aliphatic heterocycles. The molecule has 0 unspecified atom stereocenters. The second-order valence-corrected chi connectivity index (χ2v) is 9.23. The van der Waals surface area contributed by atoms with Gasteiger partial charge in [0.2, 0.25) is 5.76 Å². The summed E-state index contributed by atoms with van der Waals surface area (Å²) in [6.07, 6.45) is 5.17. The molecule has 0 saturated carbocycles. The van der Waals surface area contributed by atoms with Gasteiger partial charge in [0.25, 0.3) is 5.91 Å². The molecule has 1 heterocycles. The van der Waals surface area contributed by atoms with Gasteiger partial charge in [-0.05, 0) is 48.6 Å². The van der Waals surface area contributed by atoms with Crippen LogP contribution < -0.4 is 5.32 Å². The van der Waals surface area contributed by atoms with Crippen LogP contribution in [0.25, 0.3) is 0 Å². The standard InChI is InChI=1S/C28H27ClN2O6/c1-36-27(34)22(25(32)28(35)37-2)24-20-11-7-6-10-19(20)21(26(33)31-24)23(16-12-14-17(29)15-13-16)30-18-8-4-3-5-9-18/h3-6,8-10,12-15,19-21,23,30,32H,7,11H2,1-2H3/b25-22+/t19-,20+,21+,23+/m0/s1. The van der Waals surface area contributed by atoms with E-state index in [1.54, 1.807) is 12.1 Å². The highest BCUT2D eigenvalue weighted by Crippen LogP contribution is 2.44. The van der Waals surface area contributed by atoms with Crippen LogP contribution in [-0.4, -0.2) is 42.9 Å². The first kappa shape index (κ1) is 26.2. The summed E-state index contributed by atoms with van der Waals surface area (Å²) in [7, 11) is 2.20. The number of benzene rings is 2. The Balaban J connectivity index is 1.85. The van der Waals surface area contributed by atoms with Gasteiger partial charge in [0.05, 0.1) is 31.9 Å². The summed E-state index contributed by atoms with van der Waals surface area (Å²) < 4.78 is 9.44. The van der Waals surface area contributed by atoms with Gasteiger partial charge in [0.1, 0.15) is 5.57 Å². The second kappa shape index (κ2) is 11.4. The summed E-state index contributed by atoms with van der Waals surface area (Å²) in [4.78, 5) is 42.9. The van der Waals surface area contributed by atoms with Crippen molar-refractivity contribution in [2.45, 2.75) is 18.9 Å². The third kappa shape index (κ3) is 5.44. The molecular weight excluding hydrogens is 496 g/mol. The molecule has 4 atom stereocenters. The van der Waals surface area contributed by atoms with Gasteiger partial charge in [-0.1, -0.05) is 54.1 Å². The molecule has 1 amide bonds. The molecule has 0 aromatic heterocycles. The van der Waals surface area contributed by atoms with Crippen LogP contribution in [0.5, 0.6) is 0 Å². The molecular formula is C28H27ClN2O6. The Hall–Kier alpha value is -3.91.